The van der Waals surface area contributed by atoms with Gasteiger partial charge in [0.1, 0.15) is 6.07 Å². The lowest BCUT2D eigenvalue weighted by Gasteiger charge is -2.19. The van der Waals surface area contributed by atoms with Crippen LogP contribution >= 0.6 is 0 Å². The molecule has 9 rings (SSSR count). The van der Waals surface area contributed by atoms with E-state index in [1.807, 2.05) is 89.5 Å². The summed E-state index contributed by atoms with van der Waals surface area (Å²) in [6, 6.07) is 34.8. The largest absolute Gasteiger partial charge is 0.309 e. The molecule has 3 aromatic heterocycles. The average Bonchev–Trinajstić information content (AvgIpc) is 3.67. The zero-order valence-corrected chi connectivity index (χ0v) is 26.6. The Kier molecular flexibility index (Phi) is 5.00. The molecule has 0 amide bonds. The molecule has 0 fully saturated rings. The lowest BCUT2D eigenvalue weighted by atomic mass is 9.86. The van der Waals surface area contributed by atoms with Crippen LogP contribution in [0.3, 0.4) is 0 Å². The molecule has 0 atom stereocenters. The Balaban J connectivity index is 1.27. The van der Waals surface area contributed by atoms with Crippen LogP contribution in [0.5, 0.6) is 0 Å². The molecule has 0 radical (unpaired) electrons. The summed E-state index contributed by atoms with van der Waals surface area (Å²) < 4.78 is 46.3. The van der Waals surface area contributed by atoms with Gasteiger partial charge in [-0.05, 0) is 76.7 Å². The maximum Gasteiger partial charge on any atom is 0.236 e. The fourth-order valence-corrected chi connectivity index (χ4v) is 6.88. The molecule has 9 aromatic rings. The SMILES string of the molecule is [2H]c1c([2H])c([2H])c(-n2c3ccccc3c3ccc(-c4ccc5c(c4)c4ccccc4n5-c4nc(C#N)c5ccc(C(C)(C)C)cc5n4)cc32)c([2H])c1[2H]. The van der Waals surface area contributed by atoms with Crippen molar-refractivity contribution in [3.63, 3.8) is 0 Å². The van der Waals surface area contributed by atoms with E-state index in [1.165, 1.54) is 0 Å². The van der Waals surface area contributed by atoms with Crippen LogP contribution in [-0.4, -0.2) is 19.1 Å². The first-order valence-corrected chi connectivity index (χ1v) is 15.8. The number of nitrogens with zero attached hydrogens (tertiary/aromatic N) is 5. The van der Waals surface area contributed by atoms with E-state index in [2.05, 4.69) is 45.0 Å². The Morgan fingerprint density at radius 2 is 1.23 bits per heavy atom. The molecular weight excluding hydrogens is 587 g/mol. The molecule has 48 heavy (non-hydrogen) atoms. The van der Waals surface area contributed by atoms with Crippen molar-refractivity contribution in [1.82, 2.24) is 19.1 Å². The number of aromatic nitrogens is 4. The van der Waals surface area contributed by atoms with Gasteiger partial charge in [-0.15, -0.1) is 0 Å². The topological polar surface area (TPSA) is 59.4 Å². The number of hydrogen-bond donors (Lipinski definition) is 0. The molecule has 0 aliphatic carbocycles. The summed E-state index contributed by atoms with van der Waals surface area (Å²) in [4.78, 5) is 9.81. The van der Waals surface area contributed by atoms with E-state index in [9.17, 15) is 5.26 Å². The van der Waals surface area contributed by atoms with Crippen LogP contribution in [0.2, 0.25) is 0 Å². The third-order valence-corrected chi connectivity index (χ3v) is 9.25. The van der Waals surface area contributed by atoms with Crippen molar-refractivity contribution >= 4 is 54.5 Å². The number of rotatable bonds is 3. The van der Waals surface area contributed by atoms with Crippen LogP contribution in [0.4, 0.5) is 0 Å². The molecule has 0 spiro atoms. The van der Waals surface area contributed by atoms with Gasteiger partial charge in [0.05, 0.1) is 34.4 Å². The Bertz CT molecular complexity index is 3040. The van der Waals surface area contributed by atoms with E-state index in [0.717, 1.165) is 60.3 Å². The molecule has 5 nitrogen and oxygen atoms in total. The van der Waals surface area contributed by atoms with Crippen molar-refractivity contribution in [3.05, 3.63) is 145 Å². The van der Waals surface area contributed by atoms with E-state index in [-0.39, 0.29) is 35.3 Å². The van der Waals surface area contributed by atoms with Gasteiger partial charge in [0, 0.05) is 32.6 Å². The number of hydrogen-bond acceptors (Lipinski definition) is 3. The molecule has 0 aliphatic rings. The molecule has 3 heterocycles. The Labute approximate surface area is 285 Å². The van der Waals surface area contributed by atoms with E-state index in [4.69, 9.17) is 16.8 Å². The Hall–Kier alpha value is -6.25. The smallest absolute Gasteiger partial charge is 0.236 e. The van der Waals surface area contributed by atoms with Crippen molar-refractivity contribution in [2.75, 3.05) is 0 Å². The first-order valence-electron chi connectivity index (χ1n) is 18.3. The van der Waals surface area contributed by atoms with Crippen molar-refractivity contribution in [3.8, 4) is 28.8 Å². The highest BCUT2D eigenvalue weighted by molar-refractivity contribution is 6.12. The minimum absolute atomic E-state index is 0.0958. The fourth-order valence-electron chi connectivity index (χ4n) is 6.88. The summed E-state index contributed by atoms with van der Waals surface area (Å²) in [7, 11) is 0. The average molecular weight is 623 g/mol. The monoisotopic (exact) mass is 622 g/mol. The molecule has 0 saturated heterocycles. The quantitative estimate of drug-likeness (QED) is 0.197. The van der Waals surface area contributed by atoms with Crippen LogP contribution in [0.1, 0.15) is 38.9 Å². The van der Waals surface area contributed by atoms with Gasteiger partial charge in [0.15, 0.2) is 5.69 Å². The maximum absolute atomic E-state index is 10.2. The highest BCUT2D eigenvalue weighted by Crippen LogP contribution is 2.38. The van der Waals surface area contributed by atoms with Gasteiger partial charge in [-0.25, -0.2) is 9.97 Å². The lowest BCUT2D eigenvalue weighted by molar-refractivity contribution is 0.591. The second-order valence-corrected chi connectivity index (χ2v) is 13.1. The van der Waals surface area contributed by atoms with Crippen LogP contribution in [-0.2, 0) is 5.41 Å². The van der Waals surface area contributed by atoms with Crippen molar-refractivity contribution < 1.29 is 6.85 Å². The van der Waals surface area contributed by atoms with Crippen LogP contribution in [0.15, 0.2) is 133 Å². The van der Waals surface area contributed by atoms with Crippen LogP contribution in [0, 0.1) is 11.3 Å². The molecule has 6 aromatic carbocycles. The van der Waals surface area contributed by atoms with Crippen molar-refractivity contribution in [2.45, 2.75) is 26.2 Å². The standard InChI is InChI=1S/C43H31N5/c1-43(2,3)29-19-21-34-36(25-29)45-42(46-37(34)26-44)48-39-16-10-8-14-32(39)35-23-27(18-22-40(35)48)28-17-20-33-31-13-7-9-15-38(31)47(41(33)24-28)30-11-5-4-6-12-30/h4-25H,1-3H3/i4D,5D,6D,11D,12D. The third-order valence-electron chi connectivity index (χ3n) is 9.25. The van der Waals surface area contributed by atoms with Crippen LogP contribution < -0.4 is 0 Å². The summed E-state index contributed by atoms with van der Waals surface area (Å²) in [6.45, 7) is 6.46. The van der Waals surface area contributed by atoms with Gasteiger partial charge >= 0.3 is 0 Å². The first kappa shape index (κ1) is 23.1. The second kappa shape index (κ2) is 10.4. The summed E-state index contributed by atoms with van der Waals surface area (Å²) in [5.74, 6) is 0.420. The summed E-state index contributed by atoms with van der Waals surface area (Å²) in [5, 5.41) is 14.7. The number of para-hydroxylation sites is 3. The van der Waals surface area contributed by atoms with Crippen LogP contribution in [0.25, 0.3) is 77.3 Å². The third kappa shape index (κ3) is 4.23. The first-order chi connectivity index (χ1) is 25.5. The van der Waals surface area contributed by atoms with E-state index >= 15 is 0 Å². The number of nitriles is 1. The van der Waals surface area contributed by atoms with Gasteiger partial charge in [-0.3, -0.25) is 4.57 Å². The van der Waals surface area contributed by atoms with Crippen molar-refractivity contribution in [2.24, 2.45) is 0 Å². The van der Waals surface area contributed by atoms with Gasteiger partial charge in [0.2, 0.25) is 5.95 Å². The molecule has 0 bridgehead atoms. The van der Waals surface area contributed by atoms with E-state index < -0.39 is 6.04 Å². The number of benzene rings is 6. The highest BCUT2D eigenvalue weighted by Gasteiger charge is 2.20. The highest BCUT2D eigenvalue weighted by atomic mass is 15.2. The summed E-state index contributed by atoms with van der Waals surface area (Å²) in [6.07, 6.45) is 0. The Morgan fingerprint density at radius 1 is 0.604 bits per heavy atom. The van der Waals surface area contributed by atoms with Gasteiger partial charge < -0.3 is 4.57 Å². The number of fused-ring (bicyclic) bond motifs is 7. The van der Waals surface area contributed by atoms with E-state index in [1.54, 1.807) is 4.57 Å². The fraction of sp³-hybridized carbons (Fsp3) is 0.0930. The van der Waals surface area contributed by atoms with Gasteiger partial charge in [-0.2, -0.15) is 5.26 Å². The molecular formula is C43H31N5. The predicted molar refractivity (Wildman–Crippen MR) is 197 cm³/mol. The molecule has 0 N–H and O–H groups in total. The van der Waals surface area contributed by atoms with Crippen molar-refractivity contribution in [1.29, 1.82) is 5.26 Å². The molecule has 0 aliphatic heterocycles. The minimum atomic E-state index is -0.426. The Morgan fingerprint density at radius 3 is 1.98 bits per heavy atom. The minimum Gasteiger partial charge on any atom is -0.309 e. The molecule has 5 heteroatoms. The predicted octanol–water partition coefficient (Wildman–Crippen LogP) is 10.7. The second-order valence-electron chi connectivity index (χ2n) is 13.1. The molecule has 0 saturated carbocycles. The van der Waals surface area contributed by atoms with Gasteiger partial charge in [-0.1, -0.05) is 99.6 Å². The normalized spacial score (nSPS) is 13.5. The maximum atomic E-state index is 10.2. The lowest BCUT2D eigenvalue weighted by Crippen LogP contribution is -2.11. The summed E-state index contributed by atoms with van der Waals surface area (Å²) in [5.41, 5.74) is 7.27. The zero-order chi connectivity index (χ0) is 36.9. The summed E-state index contributed by atoms with van der Waals surface area (Å²) >= 11 is 0. The zero-order valence-electron chi connectivity index (χ0n) is 31.6. The van der Waals surface area contributed by atoms with Gasteiger partial charge in [0.25, 0.3) is 0 Å². The molecule has 228 valence electrons. The molecule has 0 unspecified atom stereocenters. The van der Waals surface area contributed by atoms with E-state index in [0.29, 0.717) is 22.5 Å².